The fourth-order valence-electron chi connectivity index (χ4n) is 1.70. The molecule has 0 aromatic carbocycles. The van der Waals surface area contributed by atoms with Crippen LogP contribution >= 0.6 is 11.6 Å². The van der Waals surface area contributed by atoms with Gasteiger partial charge in [0.1, 0.15) is 11.8 Å². The summed E-state index contributed by atoms with van der Waals surface area (Å²) in [6, 6.07) is 1.59. The van der Waals surface area contributed by atoms with Crippen molar-refractivity contribution < 1.29 is 10.2 Å². The van der Waals surface area contributed by atoms with E-state index in [4.69, 9.17) is 17.1 Å². The highest BCUT2D eigenvalue weighted by atomic mass is 35.5. The van der Waals surface area contributed by atoms with Gasteiger partial charge < -0.3 is 15.2 Å². The molecule has 2 heterocycles. The van der Waals surface area contributed by atoms with Crippen LogP contribution in [0.2, 0.25) is 5.02 Å². The molecule has 0 spiro atoms. The third-order valence-electron chi connectivity index (χ3n) is 2.57. The summed E-state index contributed by atoms with van der Waals surface area (Å²) in [4.78, 5) is 9.43. The average Bonchev–Trinajstić information content (AvgIpc) is 2.80. The molecule has 94 valence electrons. The molecule has 2 aromatic rings. The van der Waals surface area contributed by atoms with Crippen molar-refractivity contribution in [2.24, 2.45) is 5.11 Å². The Balaban J connectivity index is 2.38. The zero-order valence-corrected chi connectivity index (χ0v) is 9.91. The van der Waals surface area contributed by atoms with Gasteiger partial charge in [-0.15, -0.1) is 0 Å². The van der Waals surface area contributed by atoms with Gasteiger partial charge in [-0.05, 0) is 11.6 Å². The topological polar surface area (TPSA) is 118 Å². The van der Waals surface area contributed by atoms with Gasteiger partial charge in [0.25, 0.3) is 0 Å². The number of aromatic amines is 1. The first kappa shape index (κ1) is 12.7. The molecule has 2 atom stereocenters. The van der Waals surface area contributed by atoms with Gasteiger partial charge in [0.15, 0.2) is 0 Å². The number of fused-ring (bicyclic) bond motifs is 1. The van der Waals surface area contributed by atoms with Crippen LogP contribution in [-0.4, -0.2) is 32.8 Å². The second-order valence-electron chi connectivity index (χ2n) is 3.69. The summed E-state index contributed by atoms with van der Waals surface area (Å²) in [7, 11) is 0. The number of nitrogens with zero attached hydrogens (tertiary/aromatic N) is 4. The van der Waals surface area contributed by atoms with Crippen molar-refractivity contribution in [3.63, 3.8) is 0 Å². The Morgan fingerprint density at radius 3 is 3.06 bits per heavy atom. The maximum absolute atomic E-state index is 9.99. The van der Waals surface area contributed by atoms with Crippen molar-refractivity contribution in [1.29, 1.82) is 0 Å². The highest BCUT2D eigenvalue weighted by Gasteiger charge is 2.22. The van der Waals surface area contributed by atoms with E-state index in [2.05, 4.69) is 20.0 Å². The number of hydrogen-bond donors (Lipinski definition) is 3. The smallest absolute Gasteiger partial charge is 0.139 e. The molecule has 0 aliphatic heterocycles. The van der Waals surface area contributed by atoms with Crippen molar-refractivity contribution in [2.75, 3.05) is 6.54 Å². The number of halogens is 1. The minimum Gasteiger partial charge on any atom is -0.390 e. The largest absolute Gasteiger partial charge is 0.390 e. The fraction of sp³-hybridized carbons (Fsp3) is 0.300. The van der Waals surface area contributed by atoms with E-state index in [0.717, 1.165) is 0 Å². The summed E-state index contributed by atoms with van der Waals surface area (Å²) >= 11 is 6.02. The minimum absolute atomic E-state index is 0.220. The lowest BCUT2D eigenvalue weighted by molar-refractivity contribution is 0.0253. The van der Waals surface area contributed by atoms with Gasteiger partial charge in [-0.2, -0.15) is 0 Å². The predicted octanol–water partition coefficient (Wildman–Crippen LogP) is 1.92. The Morgan fingerprint density at radius 2 is 2.33 bits per heavy atom. The lowest BCUT2D eigenvalue weighted by Crippen LogP contribution is -2.20. The number of hydrogen-bond acceptors (Lipinski definition) is 4. The van der Waals surface area contributed by atoms with Crippen LogP contribution in [0.15, 0.2) is 23.6 Å². The summed E-state index contributed by atoms with van der Waals surface area (Å²) in [5.74, 6) is 0. The van der Waals surface area contributed by atoms with Crippen LogP contribution in [0, 0.1) is 0 Å². The summed E-state index contributed by atoms with van der Waals surface area (Å²) in [6.45, 7) is -0.220. The standard InChI is InChI=1S/C10H10ClN5O2/c11-6-1-2-13-10-8(6)5(3-14-10)9(18)7(17)4-15-16-12/h1-3,7,9,17-18H,4H2,(H,13,14). The molecule has 2 rings (SSSR count). The molecular formula is C10H10ClN5O2. The fourth-order valence-corrected chi connectivity index (χ4v) is 1.96. The molecule has 0 saturated carbocycles. The molecule has 0 bridgehead atoms. The molecule has 8 heteroatoms. The van der Waals surface area contributed by atoms with Crippen molar-refractivity contribution in [2.45, 2.75) is 12.2 Å². The normalized spacial score (nSPS) is 14.2. The van der Waals surface area contributed by atoms with Gasteiger partial charge in [-0.25, -0.2) is 4.98 Å². The number of azide groups is 1. The van der Waals surface area contributed by atoms with E-state index in [-0.39, 0.29) is 6.54 Å². The van der Waals surface area contributed by atoms with E-state index < -0.39 is 12.2 Å². The van der Waals surface area contributed by atoms with Gasteiger partial charge in [-0.3, -0.25) is 0 Å². The molecular weight excluding hydrogens is 258 g/mol. The third-order valence-corrected chi connectivity index (χ3v) is 2.88. The molecule has 7 nitrogen and oxygen atoms in total. The molecule has 3 N–H and O–H groups in total. The monoisotopic (exact) mass is 267 g/mol. The van der Waals surface area contributed by atoms with E-state index in [1.807, 2.05) is 0 Å². The number of nitrogens with one attached hydrogen (secondary N) is 1. The van der Waals surface area contributed by atoms with Gasteiger partial charge >= 0.3 is 0 Å². The summed E-state index contributed by atoms with van der Waals surface area (Å²) in [5, 5.41) is 23.9. The molecule has 0 saturated heterocycles. The van der Waals surface area contributed by atoms with Crippen molar-refractivity contribution >= 4 is 22.6 Å². The third kappa shape index (κ3) is 2.25. The van der Waals surface area contributed by atoms with Crippen molar-refractivity contribution in [3.05, 3.63) is 39.5 Å². The molecule has 0 radical (unpaired) electrons. The highest BCUT2D eigenvalue weighted by Crippen LogP contribution is 2.30. The number of aliphatic hydroxyl groups is 2. The number of aromatic nitrogens is 2. The minimum atomic E-state index is -1.20. The van der Waals surface area contributed by atoms with Crippen LogP contribution in [0.3, 0.4) is 0 Å². The van der Waals surface area contributed by atoms with E-state index in [9.17, 15) is 10.2 Å². The van der Waals surface area contributed by atoms with Crippen LogP contribution in [0.1, 0.15) is 11.7 Å². The van der Waals surface area contributed by atoms with E-state index in [1.54, 1.807) is 6.07 Å². The molecule has 0 aliphatic carbocycles. The first-order valence-electron chi connectivity index (χ1n) is 5.13. The average molecular weight is 268 g/mol. The first-order valence-corrected chi connectivity index (χ1v) is 5.51. The Labute approximate surface area is 107 Å². The molecule has 0 amide bonds. The van der Waals surface area contributed by atoms with E-state index >= 15 is 0 Å². The van der Waals surface area contributed by atoms with Gasteiger partial charge in [-0.1, -0.05) is 16.7 Å². The lowest BCUT2D eigenvalue weighted by atomic mass is 10.0. The van der Waals surface area contributed by atoms with Crippen LogP contribution in [-0.2, 0) is 0 Å². The second kappa shape index (κ2) is 5.24. The molecule has 0 fully saturated rings. The Kier molecular flexibility index (Phi) is 3.69. The zero-order valence-electron chi connectivity index (χ0n) is 9.16. The quantitative estimate of drug-likeness (QED) is 0.446. The summed E-state index contributed by atoms with van der Waals surface area (Å²) in [6.07, 6.45) is 0.656. The van der Waals surface area contributed by atoms with Gasteiger partial charge in [0, 0.05) is 28.3 Å². The molecule has 2 unspecified atom stereocenters. The predicted molar refractivity (Wildman–Crippen MR) is 66.1 cm³/mol. The van der Waals surface area contributed by atoms with Crippen LogP contribution in [0.4, 0.5) is 0 Å². The number of H-pyrrole nitrogens is 1. The van der Waals surface area contributed by atoms with Crippen molar-refractivity contribution in [1.82, 2.24) is 9.97 Å². The maximum atomic E-state index is 9.99. The molecule has 18 heavy (non-hydrogen) atoms. The van der Waals surface area contributed by atoms with Crippen LogP contribution in [0.25, 0.3) is 21.5 Å². The van der Waals surface area contributed by atoms with Gasteiger partial charge in [0.2, 0.25) is 0 Å². The summed E-state index contributed by atoms with van der Waals surface area (Å²) < 4.78 is 0. The summed E-state index contributed by atoms with van der Waals surface area (Å²) in [5.41, 5.74) is 9.11. The van der Waals surface area contributed by atoms with Crippen LogP contribution in [0.5, 0.6) is 0 Å². The first-order chi connectivity index (χ1) is 8.65. The molecule has 0 aliphatic rings. The number of rotatable bonds is 4. The SMILES string of the molecule is [N-]=[N+]=NCC(O)C(O)c1c[nH]c2nccc(Cl)c12. The van der Waals surface area contributed by atoms with E-state index in [1.165, 1.54) is 12.4 Å². The number of aliphatic hydroxyl groups excluding tert-OH is 2. The number of pyridine rings is 1. The zero-order chi connectivity index (χ0) is 13.1. The Morgan fingerprint density at radius 1 is 1.56 bits per heavy atom. The van der Waals surface area contributed by atoms with Crippen LogP contribution < -0.4 is 0 Å². The van der Waals surface area contributed by atoms with Gasteiger partial charge in [0.05, 0.1) is 17.7 Å². The van der Waals surface area contributed by atoms with E-state index in [0.29, 0.717) is 21.6 Å². The lowest BCUT2D eigenvalue weighted by Gasteiger charge is -2.15. The second-order valence-corrected chi connectivity index (χ2v) is 4.09. The Hall–Kier alpha value is -1.79. The molecule has 2 aromatic heterocycles. The maximum Gasteiger partial charge on any atom is 0.139 e. The highest BCUT2D eigenvalue weighted by molar-refractivity contribution is 6.35. The van der Waals surface area contributed by atoms with Crippen molar-refractivity contribution in [3.8, 4) is 0 Å². The Bertz CT molecular complexity index is 607.